The van der Waals surface area contributed by atoms with Gasteiger partial charge in [0.15, 0.2) is 0 Å². The lowest BCUT2D eigenvalue weighted by molar-refractivity contribution is 0.296. The fourth-order valence-corrected chi connectivity index (χ4v) is 2.55. The van der Waals surface area contributed by atoms with E-state index in [2.05, 4.69) is 27.4 Å². The fraction of sp³-hybridized carbons (Fsp3) is 0.846. The average Bonchev–Trinajstić information content (AvgIpc) is 2.45. The first-order chi connectivity index (χ1) is 6.10. The Morgan fingerprint density at radius 1 is 1.46 bits per heavy atom. The van der Waals surface area contributed by atoms with E-state index in [1.807, 2.05) is 0 Å². The molecule has 0 heterocycles. The van der Waals surface area contributed by atoms with Gasteiger partial charge in [0, 0.05) is 0 Å². The smallest absolute Gasteiger partial charge is 0.00932 e. The number of hydrogen-bond donors (Lipinski definition) is 0. The van der Waals surface area contributed by atoms with Crippen molar-refractivity contribution in [3.63, 3.8) is 0 Å². The molecule has 0 spiro atoms. The summed E-state index contributed by atoms with van der Waals surface area (Å²) >= 11 is 0. The molecule has 0 aromatic carbocycles. The van der Waals surface area contributed by atoms with E-state index in [9.17, 15) is 0 Å². The van der Waals surface area contributed by atoms with Crippen LogP contribution in [0.3, 0.4) is 0 Å². The van der Waals surface area contributed by atoms with Gasteiger partial charge in [0.25, 0.3) is 0 Å². The Balaban J connectivity index is 2.54. The quantitative estimate of drug-likeness (QED) is 0.556. The normalized spacial score (nSPS) is 28.8. The molecule has 1 fully saturated rings. The molecule has 0 heteroatoms. The molecule has 1 aliphatic carbocycles. The monoisotopic (exact) mass is 180 g/mol. The molecule has 0 N–H and O–H groups in total. The lowest BCUT2D eigenvalue weighted by Gasteiger charge is -2.30. The third kappa shape index (κ3) is 2.36. The molecule has 1 atom stereocenters. The minimum atomic E-state index is 0.532. The lowest BCUT2D eigenvalue weighted by atomic mass is 9.75. The SMILES string of the molecule is C=C1CCC[C@]1(CC)CCC(C)C. The molecule has 0 radical (unpaired) electrons. The van der Waals surface area contributed by atoms with Gasteiger partial charge in [0.2, 0.25) is 0 Å². The molecular formula is C13H24. The summed E-state index contributed by atoms with van der Waals surface area (Å²) in [6.45, 7) is 11.2. The van der Waals surface area contributed by atoms with E-state index in [4.69, 9.17) is 0 Å². The Labute approximate surface area is 83.4 Å². The molecule has 1 saturated carbocycles. The topological polar surface area (TPSA) is 0 Å². The van der Waals surface area contributed by atoms with Gasteiger partial charge in [0.05, 0.1) is 0 Å². The second-order valence-corrected chi connectivity index (χ2v) is 5.02. The van der Waals surface area contributed by atoms with E-state index in [1.54, 1.807) is 0 Å². The molecule has 0 aromatic rings. The maximum absolute atomic E-state index is 4.26. The molecule has 13 heavy (non-hydrogen) atoms. The highest BCUT2D eigenvalue weighted by molar-refractivity contribution is 5.14. The Bertz CT molecular complexity index is 178. The van der Waals surface area contributed by atoms with E-state index in [0.29, 0.717) is 5.41 Å². The summed E-state index contributed by atoms with van der Waals surface area (Å²) in [6.07, 6.45) is 8.11. The predicted molar refractivity (Wildman–Crippen MR) is 59.8 cm³/mol. The van der Waals surface area contributed by atoms with Gasteiger partial charge in [-0.3, -0.25) is 0 Å². The van der Waals surface area contributed by atoms with Crippen LogP contribution in [0.5, 0.6) is 0 Å². The Hall–Kier alpha value is -0.260. The summed E-state index contributed by atoms with van der Waals surface area (Å²) in [5.41, 5.74) is 2.07. The number of allylic oxidation sites excluding steroid dienone is 1. The second-order valence-electron chi connectivity index (χ2n) is 5.02. The van der Waals surface area contributed by atoms with Crippen molar-refractivity contribution in [1.82, 2.24) is 0 Å². The van der Waals surface area contributed by atoms with Gasteiger partial charge < -0.3 is 0 Å². The largest absolute Gasteiger partial charge is 0.0993 e. The molecule has 1 aliphatic rings. The van der Waals surface area contributed by atoms with E-state index in [0.717, 1.165) is 5.92 Å². The van der Waals surface area contributed by atoms with Gasteiger partial charge in [-0.1, -0.05) is 39.3 Å². The van der Waals surface area contributed by atoms with Crippen molar-refractivity contribution in [2.45, 2.75) is 59.3 Å². The van der Waals surface area contributed by atoms with Crippen molar-refractivity contribution >= 4 is 0 Å². The molecule has 76 valence electrons. The van der Waals surface area contributed by atoms with Crippen molar-refractivity contribution in [2.75, 3.05) is 0 Å². The van der Waals surface area contributed by atoms with Crippen LogP contribution in [-0.2, 0) is 0 Å². The molecule has 1 rings (SSSR count). The Kier molecular flexibility index (Phi) is 3.58. The van der Waals surface area contributed by atoms with Crippen LogP contribution in [0.2, 0.25) is 0 Å². The third-order valence-electron chi connectivity index (χ3n) is 3.76. The van der Waals surface area contributed by atoms with Crippen LogP contribution in [0.25, 0.3) is 0 Å². The highest BCUT2D eigenvalue weighted by atomic mass is 14.4. The third-order valence-corrected chi connectivity index (χ3v) is 3.76. The van der Waals surface area contributed by atoms with Gasteiger partial charge in [0.1, 0.15) is 0 Å². The first kappa shape index (κ1) is 10.8. The highest BCUT2D eigenvalue weighted by Crippen LogP contribution is 2.48. The standard InChI is InChI=1S/C13H24/c1-5-13(10-8-11(2)3)9-6-7-12(13)4/h11H,4-10H2,1-3H3/t13-/m1/s1. The molecule has 0 amide bonds. The summed E-state index contributed by atoms with van der Waals surface area (Å²) in [7, 11) is 0. The van der Waals surface area contributed by atoms with E-state index < -0.39 is 0 Å². The van der Waals surface area contributed by atoms with Gasteiger partial charge >= 0.3 is 0 Å². The van der Waals surface area contributed by atoms with Gasteiger partial charge in [-0.2, -0.15) is 0 Å². The Morgan fingerprint density at radius 2 is 2.15 bits per heavy atom. The van der Waals surface area contributed by atoms with Crippen molar-refractivity contribution in [3.05, 3.63) is 12.2 Å². The maximum Gasteiger partial charge on any atom is -0.00932 e. The highest BCUT2D eigenvalue weighted by Gasteiger charge is 2.34. The van der Waals surface area contributed by atoms with E-state index in [1.165, 1.54) is 44.1 Å². The van der Waals surface area contributed by atoms with Crippen LogP contribution < -0.4 is 0 Å². The van der Waals surface area contributed by atoms with Crippen LogP contribution in [0.15, 0.2) is 12.2 Å². The molecule has 0 bridgehead atoms. The summed E-state index contributed by atoms with van der Waals surface area (Å²) in [6, 6.07) is 0. The lowest BCUT2D eigenvalue weighted by Crippen LogP contribution is -2.17. The van der Waals surface area contributed by atoms with Gasteiger partial charge in [-0.25, -0.2) is 0 Å². The van der Waals surface area contributed by atoms with Crippen molar-refractivity contribution < 1.29 is 0 Å². The summed E-state index contributed by atoms with van der Waals surface area (Å²) in [4.78, 5) is 0. The van der Waals surface area contributed by atoms with Crippen LogP contribution in [0, 0.1) is 11.3 Å². The van der Waals surface area contributed by atoms with Crippen molar-refractivity contribution in [2.24, 2.45) is 11.3 Å². The molecule has 0 unspecified atom stereocenters. The van der Waals surface area contributed by atoms with E-state index in [-0.39, 0.29) is 0 Å². The fourth-order valence-electron chi connectivity index (χ4n) is 2.55. The second kappa shape index (κ2) is 4.30. The number of hydrogen-bond acceptors (Lipinski definition) is 0. The Morgan fingerprint density at radius 3 is 2.54 bits per heavy atom. The number of rotatable bonds is 4. The van der Waals surface area contributed by atoms with Gasteiger partial charge in [-0.05, 0) is 43.4 Å². The molecule has 0 aromatic heterocycles. The van der Waals surface area contributed by atoms with Crippen molar-refractivity contribution in [1.29, 1.82) is 0 Å². The first-order valence-electron chi connectivity index (χ1n) is 5.79. The summed E-state index contributed by atoms with van der Waals surface area (Å²) < 4.78 is 0. The summed E-state index contributed by atoms with van der Waals surface area (Å²) in [5, 5.41) is 0. The molecular weight excluding hydrogens is 156 g/mol. The van der Waals surface area contributed by atoms with Gasteiger partial charge in [-0.15, -0.1) is 0 Å². The van der Waals surface area contributed by atoms with Crippen LogP contribution >= 0.6 is 0 Å². The zero-order valence-electron chi connectivity index (χ0n) is 9.53. The minimum absolute atomic E-state index is 0.532. The van der Waals surface area contributed by atoms with Crippen LogP contribution in [0.1, 0.15) is 59.3 Å². The average molecular weight is 180 g/mol. The minimum Gasteiger partial charge on any atom is -0.0993 e. The van der Waals surface area contributed by atoms with E-state index >= 15 is 0 Å². The van der Waals surface area contributed by atoms with Crippen molar-refractivity contribution in [3.8, 4) is 0 Å². The van der Waals surface area contributed by atoms with Crippen LogP contribution in [-0.4, -0.2) is 0 Å². The summed E-state index contributed by atoms with van der Waals surface area (Å²) in [5.74, 6) is 0.844. The molecule has 0 nitrogen and oxygen atoms in total. The zero-order valence-corrected chi connectivity index (χ0v) is 9.53. The maximum atomic E-state index is 4.26. The first-order valence-corrected chi connectivity index (χ1v) is 5.79. The zero-order chi connectivity index (χ0) is 9.90. The van der Waals surface area contributed by atoms with Crippen LogP contribution in [0.4, 0.5) is 0 Å². The molecule has 0 aliphatic heterocycles. The predicted octanol–water partition coefficient (Wildman–Crippen LogP) is 4.56. The molecule has 0 saturated heterocycles.